The summed E-state index contributed by atoms with van der Waals surface area (Å²) >= 11 is 5.87. The molecule has 0 bridgehead atoms. The predicted molar refractivity (Wildman–Crippen MR) is 107 cm³/mol. The zero-order valence-corrected chi connectivity index (χ0v) is 17.0. The first kappa shape index (κ1) is 20.7. The Kier molecular flexibility index (Phi) is 5.44. The zero-order chi connectivity index (χ0) is 21.5. The van der Waals surface area contributed by atoms with Gasteiger partial charge in [0.1, 0.15) is 0 Å². The summed E-state index contributed by atoms with van der Waals surface area (Å²) in [6.45, 7) is 2.66. The highest BCUT2D eigenvalue weighted by Crippen LogP contribution is 2.32. The van der Waals surface area contributed by atoms with Crippen LogP contribution in [-0.2, 0) is 17.4 Å². The van der Waals surface area contributed by atoms with E-state index in [-0.39, 0.29) is 35.4 Å². The van der Waals surface area contributed by atoms with Crippen LogP contribution >= 0.6 is 11.6 Å². The molecule has 1 saturated heterocycles. The Balaban J connectivity index is 1.71. The molecule has 30 heavy (non-hydrogen) atoms. The molecular weight excluding hydrogens is 417 g/mol. The van der Waals surface area contributed by atoms with Gasteiger partial charge in [-0.2, -0.15) is 18.3 Å². The number of carbonyl (C=O) groups is 1. The van der Waals surface area contributed by atoms with Crippen molar-refractivity contribution in [3.63, 3.8) is 0 Å². The number of rotatable bonds is 3. The van der Waals surface area contributed by atoms with Crippen LogP contribution in [0.5, 0.6) is 0 Å². The Labute approximate surface area is 176 Å². The van der Waals surface area contributed by atoms with E-state index in [2.05, 4.69) is 10.1 Å². The molecule has 3 heterocycles. The van der Waals surface area contributed by atoms with Gasteiger partial charge in [-0.25, -0.2) is 9.50 Å². The van der Waals surface area contributed by atoms with Crippen LogP contribution in [0.25, 0.3) is 16.9 Å². The maximum atomic E-state index is 13.7. The molecule has 9 heteroatoms. The van der Waals surface area contributed by atoms with Crippen LogP contribution in [0.1, 0.15) is 37.6 Å². The second kappa shape index (κ2) is 7.91. The molecule has 1 atom stereocenters. The lowest BCUT2D eigenvalue weighted by Crippen LogP contribution is -2.42. The molecule has 1 unspecified atom stereocenters. The van der Waals surface area contributed by atoms with Crippen LogP contribution in [0.15, 0.2) is 36.4 Å². The molecule has 158 valence electrons. The molecule has 0 N–H and O–H groups in total. The normalized spacial score (nSPS) is 17.5. The molecule has 0 saturated carbocycles. The van der Waals surface area contributed by atoms with Gasteiger partial charge in [0.15, 0.2) is 11.3 Å². The number of amides is 1. The molecule has 5 nitrogen and oxygen atoms in total. The van der Waals surface area contributed by atoms with Gasteiger partial charge in [-0.15, -0.1) is 0 Å². The first-order valence-electron chi connectivity index (χ1n) is 9.74. The summed E-state index contributed by atoms with van der Waals surface area (Å²) in [5, 5.41) is 4.53. The average Bonchev–Trinajstić information content (AvgIpc) is 3.09. The second-order valence-corrected chi connectivity index (χ2v) is 7.98. The number of hydrogen-bond donors (Lipinski definition) is 0. The molecule has 4 rings (SSSR count). The fraction of sp³-hybridized carbons (Fsp3) is 0.381. The van der Waals surface area contributed by atoms with Gasteiger partial charge in [0.05, 0.1) is 17.8 Å². The molecule has 1 aliphatic rings. The molecule has 0 spiro atoms. The molecule has 1 aromatic carbocycles. The number of piperidine rings is 1. The van der Waals surface area contributed by atoms with Gasteiger partial charge in [0.25, 0.3) is 0 Å². The van der Waals surface area contributed by atoms with Crippen molar-refractivity contribution in [3.05, 3.63) is 52.8 Å². The lowest BCUT2D eigenvalue weighted by atomic mass is 10.0. The maximum Gasteiger partial charge on any atom is 0.433 e. The Hall–Kier alpha value is -2.61. The van der Waals surface area contributed by atoms with Crippen molar-refractivity contribution in [1.82, 2.24) is 19.5 Å². The number of alkyl halides is 3. The molecule has 3 aromatic rings. The highest BCUT2D eigenvalue weighted by Gasteiger charge is 2.35. The van der Waals surface area contributed by atoms with Crippen molar-refractivity contribution < 1.29 is 18.0 Å². The largest absolute Gasteiger partial charge is 0.433 e. The fourth-order valence-electron chi connectivity index (χ4n) is 3.80. The second-order valence-electron chi connectivity index (χ2n) is 7.55. The summed E-state index contributed by atoms with van der Waals surface area (Å²) in [4.78, 5) is 18.8. The topological polar surface area (TPSA) is 50.5 Å². The summed E-state index contributed by atoms with van der Waals surface area (Å²) < 4.78 is 41.9. The number of fused-ring (bicyclic) bond motifs is 1. The summed E-state index contributed by atoms with van der Waals surface area (Å²) in [7, 11) is 0. The Morgan fingerprint density at radius 1 is 1.20 bits per heavy atom. The maximum absolute atomic E-state index is 13.7. The van der Waals surface area contributed by atoms with E-state index in [0.29, 0.717) is 17.1 Å². The van der Waals surface area contributed by atoms with Crippen molar-refractivity contribution in [2.24, 2.45) is 0 Å². The van der Waals surface area contributed by atoms with Crippen LogP contribution in [-0.4, -0.2) is 38.0 Å². The minimum absolute atomic E-state index is 0.0456. The van der Waals surface area contributed by atoms with E-state index in [1.54, 1.807) is 29.2 Å². The van der Waals surface area contributed by atoms with E-state index in [1.165, 1.54) is 6.07 Å². The summed E-state index contributed by atoms with van der Waals surface area (Å²) in [6, 6.07) is 8.94. The Bertz CT molecular complexity index is 1080. The van der Waals surface area contributed by atoms with Crippen LogP contribution in [0.4, 0.5) is 13.2 Å². The Morgan fingerprint density at radius 2 is 1.93 bits per heavy atom. The third-order valence-electron chi connectivity index (χ3n) is 5.36. The third-order valence-corrected chi connectivity index (χ3v) is 5.62. The van der Waals surface area contributed by atoms with Crippen LogP contribution in [0, 0.1) is 0 Å². The van der Waals surface area contributed by atoms with Crippen molar-refractivity contribution >= 4 is 23.2 Å². The number of aromatic nitrogens is 3. The third kappa shape index (κ3) is 4.14. The monoisotopic (exact) mass is 436 g/mol. The van der Waals surface area contributed by atoms with E-state index in [1.807, 2.05) is 6.92 Å². The Morgan fingerprint density at radius 3 is 2.60 bits per heavy atom. The van der Waals surface area contributed by atoms with Crippen molar-refractivity contribution in [2.75, 3.05) is 6.54 Å². The molecule has 0 radical (unpaired) electrons. The van der Waals surface area contributed by atoms with Crippen molar-refractivity contribution in [3.8, 4) is 11.3 Å². The fourth-order valence-corrected chi connectivity index (χ4v) is 3.93. The van der Waals surface area contributed by atoms with Gasteiger partial charge < -0.3 is 4.90 Å². The first-order valence-corrected chi connectivity index (χ1v) is 10.1. The van der Waals surface area contributed by atoms with E-state index in [4.69, 9.17) is 11.6 Å². The first-order chi connectivity index (χ1) is 14.2. The number of benzene rings is 1. The predicted octanol–water partition coefficient (Wildman–Crippen LogP) is 5.01. The number of halogens is 4. The van der Waals surface area contributed by atoms with Gasteiger partial charge in [0.2, 0.25) is 5.91 Å². The molecule has 1 aliphatic heterocycles. The number of hydrogen-bond acceptors (Lipinski definition) is 3. The number of nitrogens with zero attached hydrogens (tertiary/aromatic N) is 4. The highest BCUT2D eigenvalue weighted by molar-refractivity contribution is 6.30. The van der Waals surface area contributed by atoms with E-state index in [0.717, 1.165) is 29.8 Å². The average molecular weight is 437 g/mol. The summed E-state index contributed by atoms with van der Waals surface area (Å²) in [5.74, 6) is -0.128. The van der Waals surface area contributed by atoms with Gasteiger partial charge in [-0.1, -0.05) is 23.7 Å². The van der Waals surface area contributed by atoms with Crippen LogP contribution < -0.4 is 0 Å². The zero-order valence-electron chi connectivity index (χ0n) is 16.3. The quantitative estimate of drug-likeness (QED) is 0.579. The van der Waals surface area contributed by atoms with Crippen LogP contribution in [0.2, 0.25) is 5.02 Å². The van der Waals surface area contributed by atoms with E-state index < -0.39 is 11.9 Å². The van der Waals surface area contributed by atoms with Crippen LogP contribution in [0.3, 0.4) is 0 Å². The van der Waals surface area contributed by atoms with Gasteiger partial charge in [-0.3, -0.25) is 4.79 Å². The minimum atomic E-state index is -4.63. The smallest absolute Gasteiger partial charge is 0.340 e. The highest BCUT2D eigenvalue weighted by atomic mass is 35.5. The number of carbonyl (C=O) groups excluding carboxylic acids is 1. The van der Waals surface area contributed by atoms with E-state index >= 15 is 0 Å². The van der Waals surface area contributed by atoms with Crippen molar-refractivity contribution in [1.29, 1.82) is 0 Å². The summed E-state index contributed by atoms with van der Waals surface area (Å²) in [5.41, 5.74) is 0.0399. The lowest BCUT2D eigenvalue weighted by Gasteiger charge is -2.33. The van der Waals surface area contributed by atoms with Gasteiger partial charge in [0, 0.05) is 29.2 Å². The SMILES string of the molecule is CC1CCCCN1C(=O)Cc1cc2nc(-c3ccc(Cl)cc3)cc(C(F)(F)F)n2n1. The standard InChI is InChI=1S/C21H20ClF3N4O/c1-13-4-2-3-9-28(13)20(30)11-16-10-19-26-17(14-5-7-15(22)8-6-14)12-18(21(23,24)25)29(19)27-16/h5-8,10,12-13H,2-4,9,11H2,1H3. The number of likely N-dealkylation sites (tertiary alicyclic amines) is 1. The lowest BCUT2D eigenvalue weighted by molar-refractivity contribution is -0.142. The van der Waals surface area contributed by atoms with Gasteiger partial charge in [-0.05, 0) is 44.4 Å². The molecule has 0 aliphatic carbocycles. The van der Waals surface area contributed by atoms with Crippen molar-refractivity contribution in [2.45, 2.75) is 44.8 Å². The van der Waals surface area contributed by atoms with Gasteiger partial charge >= 0.3 is 6.18 Å². The minimum Gasteiger partial charge on any atom is -0.340 e. The molecule has 2 aromatic heterocycles. The molecule has 1 amide bonds. The summed E-state index contributed by atoms with van der Waals surface area (Å²) in [6.07, 6.45) is -1.74. The van der Waals surface area contributed by atoms with E-state index in [9.17, 15) is 18.0 Å². The molecular formula is C21H20ClF3N4O. The molecule has 1 fully saturated rings.